The fraction of sp³-hybridized carbons (Fsp3) is 0.757. The van der Waals surface area contributed by atoms with Crippen LogP contribution in [0.5, 0.6) is 23.0 Å². The molecule has 0 saturated heterocycles. The molecule has 0 bridgehead atoms. The van der Waals surface area contributed by atoms with Crippen molar-refractivity contribution in [3.63, 3.8) is 0 Å². The maximum atomic E-state index is 13.9. The van der Waals surface area contributed by atoms with E-state index in [0.717, 1.165) is 79.1 Å². The average Bonchev–Trinajstić information content (AvgIpc) is 4.14. The van der Waals surface area contributed by atoms with Crippen LogP contribution in [0.1, 0.15) is 308 Å². The van der Waals surface area contributed by atoms with Gasteiger partial charge in [-0.1, -0.05) is 245 Å². The summed E-state index contributed by atoms with van der Waals surface area (Å²) < 4.78 is 35.4. The minimum atomic E-state index is -0.929. The predicted molar refractivity (Wildman–Crippen MR) is 352 cm³/mol. The van der Waals surface area contributed by atoms with Crippen LogP contribution in [0.2, 0.25) is 0 Å². The molecule has 11 heteroatoms. The van der Waals surface area contributed by atoms with E-state index < -0.39 is 12.0 Å². The fourth-order valence-electron chi connectivity index (χ4n) is 11.1. The van der Waals surface area contributed by atoms with Crippen LogP contribution >= 0.6 is 0 Å². The van der Waals surface area contributed by atoms with Crippen molar-refractivity contribution in [3.05, 3.63) is 66.2 Å². The zero-order chi connectivity index (χ0) is 60.9. The number of carbonyl (C=O) groups excluding carboxylic acids is 3. The molecule has 1 heterocycles. The summed E-state index contributed by atoms with van der Waals surface area (Å²) in [6, 6.07) is 11.4. The van der Waals surface area contributed by atoms with Gasteiger partial charge in [0.15, 0.2) is 23.0 Å². The molecule has 0 fully saturated rings. The first kappa shape index (κ1) is 74.7. The largest absolute Gasteiger partial charge is 0.490 e. The summed E-state index contributed by atoms with van der Waals surface area (Å²) in [5, 5.41) is 2.95. The van der Waals surface area contributed by atoms with Crippen LogP contribution in [-0.2, 0) is 45.6 Å². The normalized spacial score (nSPS) is 11.7. The number of amides is 1. The number of hydrogen-bond donors (Lipinski definition) is 1. The van der Waals surface area contributed by atoms with Gasteiger partial charge >= 0.3 is 5.97 Å². The number of rotatable bonds is 60. The number of benzene rings is 2. The van der Waals surface area contributed by atoms with E-state index in [1.807, 2.05) is 59.2 Å². The van der Waals surface area contributed by atoms with Crippen molar-refractivity contribution < 1.29 is 42.6 Å². The number of nitrogens with one attached hydrogen (secondary N) is 1. The van der Waals surface area contributed by atoms with Gasteiger partial charge < -0.3 is 29.0 Å². The third-order valence-corrected chi connectivity index (χ3v) is 16.6. The molecule has 0 unspecified atom stereocenters. The van der Waals surface area contributed by atoms with Crippen molar-refractivity contribution in [2.24, 2.45) is 7.05 Å². The van der Waals surface area contributed by atoms with E-state index in [4.69, 9.17) is 23.7 Å². The molecule has 11 nitrogen and oxygen atoms in total. The highest BCUT2D eigenvalue weighted by Gasteiger charge is 2.24. The molecule has 3 aromatic rings. The topological polar surface area (TPSA) is 118 Å². The Morgan fingerprint density at radius 3 is 1.22 bits per heavy atom. The van der Waals surface area contributed by atoms with Gasteiger partial charge in [-0.15, -0.1) is 0 Å². The minimum Gasteiger partial charge on any atom is -0.490 e. The van der Waals surface area contributed by atoms with E-state index in [1.165, 1.54) is 193 Å². The Morgan fingerprint density at radius 1 is 0.435 bits per heavy atom. The summed E-state index contributed by atoms with van der Waals surface area (Å²) in [7, 11) is 1.97. The molecule has 3 rings (SSSR count). The van der Waals surface area contributed by atoms with Crippen molar-refractivity contribution in [2.45, 2.75) is 323 Å². The molecule has 0 aliphatic carbocycles. The Hall–Kier alpha value is -4.54. The molecule has 484 valence electrons. The van der Waals surface area contributed by atoms with Crippen molar-refractivity contribution >= 4 is 17.7 Å². The van der Waals surface area contributed by atoms with Gasteiger partial charge in [0.1, 0.15) is 24.2 Å². The quantitative estimate of drug-likeness (QED) is 0.0337. The van der Waals surface area contributed by atoms with E-state index in [9.17, 15) is 14.4 Å². The molecule has 1 atom stereocenters. The minimum absolute atomic E-state index is 0.0605. The van der Waals surface area contributed by atoms with Crippen LogP contribution in [0.25, 0.3) is 0 Å². The number of hydrogen-bond acceptors (Lipinski definition) is 8. The second kappa shape index (κ2) is 52.6. The number of esters is 1. The standard InChI is InChI=1S/C74H125N3O8/c1-6-10-14-18-22-26-30-34-38-57-81-69-51-47-65(62-71(69)83-59-40-36-32-28-24-20-16-12-8-3)44-42-45-67(78)49-50-68(75-73(79)46-43-54-77-56-55-76(5)64-77)74(80)85-61-53-66-48-52-70(82-58-39-35-31-27-23-19-15-11-7-2)72(63-66)84-60-41-37-33-29-25-21-17-13-9-4/h47-48,51-52,55-56,62-64,68H,6-46,49-50,53-54,57-61H2,1-5H3/p+1/t68-/m0/s1. The first-order valence-electron chi connectivity index (χ1n) is 35.5. The van der Waals surface area contributed by atoms with E-state index in [0.29, 0.717) is 58.7 Å². The molecule has 1 amide bonds. The molecule has 85 heavy (non-hydrogen) atoms. The smallest absolute Gasteiger partial charge is 0.328 e. The second-order valence-corrected chi connectivity index (χ2v) is 24.7. The second-order valence-electron chi connectivity index (χ2n) is 24.7. The lowest BCUT2D eigenvalue weighted by molar-refractivity contribution is -0.671. The summed E-state index contributed by atoms with van der Waals surface area (Å²) in [4.78, 5) is 40.8. The van der Waals surface area contributed by atoms with Crippen molar-refractivity contribution in [2.75, 3.05) is 33.0 Å². The summed E-state index contributed by atoms with van der Waals surface area (Å²) in [6.45, 7) is 12.5. The average molecular weight is 1190 g/mol. The van der Waals surface area contributed by atoms with E-state index in [-0.39, 0.29) is 37.6 Å². The lowest BCUT2D eigenvalue weighted by Crippen LogP contribution is -2.42. The van der Waals surface area contributed by atoms with Crippen molar-refractivity contribution in [1.82, 2.24) is 9.88 Å². The van der Waals surface area contributed by atoms with Gasteiger partial charge in [-0.25, -0.2) is 13.9 Å². The van der Waals surface area contributed by atoms with E-state index in [1.54, 1.807) is 0 Å². The number of ketones is 1. The van der Waals surface area contributed by atoms with E-state index >= 15 is 0 Å². The third kappa shape index (κ3) is 39.8. The molecule has 2 aromatic carbocycles. The molecule has 0 aliphatic heterocycles. The Balaban J connectivity index is 1.58. The van der Waals surface area contributed by atoms with Crippen LogP contribution in [0.4, 0.5) is 0 Å². The number of ether oxygens (including phenoxy) is 5. The molecular weight excluding hydrogens is 1060 g/mol. The summed E-state index contributed by atoms with van der Waals surface area (Å²) in [6.07, 6.45) is 54.8. The number of unbranched alkanes of at least 4 members (excludes halogenated alkanes) is 32. The Labute approximate surface area is 520 Å². The van der Waals surface area contributed by atoms with Gasteiger partial charge in [0.25, 0.3) is 0 Å². The summed E-state index contributed by atoms with van der Waals surface area (Å²) in [5.41, 5.74) is 2.09. The number of aryl methyl sites for hydroxylation is 3. The van der Waals surface area contributed by atoms with Crippen LogP contribution in [-0.4, -0.2) is 61.3 Å². The van der Waals surface area contributed by atoms with Crippen LogP contribution in [0.15, 0.2) is 55.1 Å². The van der Waals surface area contributed by atoms with Gasteiger partial charge in [-0.3, -0.25) is 9.59 Å². The lowest BCUT2D eigenvalue weighted by atomic mass is 10.0. The molecule has 0 aliphatic rings. The van der Waals surface area contributed by atoms with Crippen LogP contribution < -0.4 is 28.8 Å². The Bertz CT molecular complexity index is 2090. The number of imidazole rings is 1. The van der Waals surface area contributed by atoms with Gasteiger partial charge in [0, 0.05) is 25.7 Å². The third-order valence-electron chi connectivity index (χ3n) is 16.6. The molecule has 1 aromatic heterocycles. The van der Waals surface area contributed by atoms with Gasteiger partial charge in [-0.05, 0) is 86.8 Å². The summed E-state index contributed by atoms with van der Waals surface area (Å²) >= 11 is 0. The number of Topliss-reactive ketones (excluding diaryl/α,β-unsaturated/α-hetero) is 1. The highest BCUT2D eigenvalue weighted by atomic mass is 16.5. The molecule has 1 N–H and O–H groups in total. The van der Waals surface area contributed by atoms with Gasteiger partial charge in [0.2, 0.25) is 12.2 Å². The zero-order valence-electron chi connectivity index (χ0n) is 55.3. The molecule has 0 saturated carbocycles. The first-order valence-corrected chi connectivity index (χ1v) is 35.5. The highest BCUT2D eigenvalue weighted by Crippen LogP contribution is 2.32. The SMILES string of the molecule is CCCCCCCCCCCOc1ccc(CCCC(=O)CC[C@H](NC(=O)CCCn2cc[n+](C)c2)C(=O)OCCc2ccc(OCCCCCCCCCCC)c(OCCCCCCCCCCC)c2)cc1OCCCCCCCCCCC. The monoisotopic (exact) mass is 1180 g/mol. The highest BCUT2D eigenvalue weighted by molar-refractivity contribution is 5.85. The maximum absolute atomic E-state index is 13.9. The van der Waals surface area contributed by atoms with Crippen LogP contribution in [0, 0.1) is 0 Å². The Morgan fingerprint density at radius 2 is 0.824 bits per heavy atom. The van der Waals surface area contributed by atoms with Crippen molar-refractivity contribution in [1.29, 1.82) is 0 Å². The predicted octanol–water partition coefficient (Wildman–Crippen LogP) is 19.4. The zero-order valence-corrected chi connectivity index (χ0v) is 55.3. The number of carbonyl (C=O) groups is 3. The summed E-state index contributed by atoms with van der Waals surface area (Å²) in [5.74, 6) is 2.41. The van der Waals surface area contributed by atoms with Gasteiger partial charge in [-0.2, -0.15) is 0 Å². The fourth-order valence-corrected chi connectivity index (χ4v) is 11.1. The molecule has 0 spiro atoms. The maximum Gasteiger partial charge on any atom is 0.328 e. The Kier molecular flexibility index (Phi) is 46.2. The molecular formula is C74H126N3O8+. The first-order chi connectivity index (χ1) is 41.8. The van der Waals surface area contributed by atoms with Crippen LogP contribution in [0.3, 0.4) is 0 Å². The van der Waals surface area contributed by atoms with Gasteiger partial charge in [0.05, 0.1) is 46.6 Å². The van der Waals surface area contributed by atoms with Crippen molar-refractivity contribution in [3.8, 4) is 23.0 Å². The number of nitrogens with zero attached hydrogens (tertiary/aromatic N) is 2. The lowest BCUT2D eigenvalue weighted by Gasteiger charge is -2.18. The number of aromatic nitrogens is 2. The van der Waals surface area contributed by atoms with E-state index in [2.05, 4.69) is 45.1 Å². The molecule has 0 radical (unpaired) electrons.